The maximum absolute atomic E-state index is 4.23. The largest absolute Gasteiger partial charge is 2.00 e. The molecule has 147 valence electrons. The van der Waals surface area contributed by atoms with E-state index in [1.165, 1.54) is 0 Å². The summed E-state index contributed by atoms with van der Waals surface area (Å²) in [5, 5.41) is 0. The zero-order chi connectivity index (χ0) is 19.7. The van der Waals surface area contributed by atoms with Gasteiger partial charge in [0.2, 0.25) is 0 Å². The predicted molar refractivity (Wildman–Crippen MR) is 111 cm³/mol. The molecule has 0 aliphatic carbocycles. The van der Waals surface area contributed by atoms with Gasteiger partial charge in [0.25, 0.3) is 0 Å². The topological polar surface area (TPSA) is 49.4 Å². The molecule has 0 saturated heterocycles. The molecule has 1 radical (unpaired) electrons. The van der Waals surface area contributed by atoms with Gasteiger partial charge in [0.15, 0.2) is 0 Å². The molecular formula is C20H38CoN4. The molecular weight excluding hydrogens is 355 g/mol. The molecule has 0 amide bonds. The van der Waals surface area contributed by atoms with Gasteiger partial charge in [0.1, 0.15) is 0 Å². The fourth-order valence-corrected chi connectivity index (χ4v) is 0.890. The summed E-state index contributed by atoms with van der Waals surface area (Å²) in [5.74, 6) is 0. The molecule has 4 nitrogen and oxygen atoms in total. The van der Waals surface area contributed by atoms with Gasteiger partial charge in [-0.25, -0.2) is 0 Å². The predicted octanol–water partition coefficient (Wildman–Crippen LogP) is 5.20. The zero-order valence-corrected chi connectivity index (χ0v) is 19.3. The van der Waals surface area contributed by atoms with Gasteiger partial charge in [-0.15, -0.1) is 12.4 Å². The second-order valence-electron chi connectivity index (χ2n) is 9.68. The molecule has 0 aliphatic heterocycles. The summed E-state index contributed by atoms with van der Waals surface area (Å²) in [6, 6.07) is 0. The van der Waals surface area contributed by atoms with E-state index in [0.717, 1.165) is 0 Å². The van der Waals surface area contributed by atoms with Crippen LogP contribution >= 0.6 is 0 Å². The Labute approximate surface area is 167 Å². The molecule has 0 N–H and O–H groups in total. The van der Waals surface area contributed by atoms with Crippen LogP contribution in [0.3, 0.4) is 0 Å². The second-order valence-corrected chi connectivity index (χ2v) is 9.68. The van der Waals surface area contributed by atoms with Crippen LogP contribution in [-0.4, -0.2) is 47.0 Å². The van der Waals surface area contributed by atoms with Gasteiger partial charge < -0.3 is 32.4 Å². The van der Waals surface area contributed by atoms with Gasteiger partial charge in [0, 0.05) is 22.2 Å². The van der Waals surface area contributed by atoms with Crippen molar-refractivity contribution in [2.24, 2.45) is 20.0 Å². The van der Waals surface area contributed by atoms with Gasteiger partial charge in [-0.2, -0.15) is 0 Å². The first-order chi connectivity index (χ1) is 10.4. The third kappa shape index (κ3) is 35.2. The summed E-state index contributed by atoms with van der Waals surface area (Å²) >= 11 is 0. The van der Waals surface area contributed by atoms with Gasteiger partial charge in [-0.3, -0.25) is 0 Å². The molecule has 0 aromatic rings. The maximum Gasteiger partial charge on any atom is 2.00 e. The minimum atomic E-state index is -0.0517. The van der Waals surface area contributed by atoms with Crippen LogP contribution in [0.2, 0.25) is 0 Å². The SMILES string of the molecule is CC(C)(C)N=[C-]C=NC(C)(C)C.CC(C)(C)N=[C-]C=NC(C)(C)C.[Co+2]. The molecule has 0 aliphatic rings. The Morgan fingerprint density at radius 3 is 0.880 bits per heavy atom. The van der Waals surface area contributed by atoms with Crippen LogP contribution in [-0.2, 0) is 16.8 Å². The van der Waals surface area contributed by atoms with E-state index in [9.17, 15) is 0 Å². The van der Waals surface area contributed by atoms with E-state index in [-0.39, 0.29) is 38.9 Å². The standard InChI is InChI=1S/2C10H19N2.Co/c2*1-9(2,3)11-7-8-12-10(4,5)6;/h2*7H,1-6H3;/q2*-1;+2. The molecule has 0 fully saturated rings. The first kappa shape index (κ1) is 29.0. The smallest absolute Gasteiger partial charge is 0.493 e. The molecule has 0 heterocycles. The summed E-state index contributed by atoms with van der Waals surface area (Å²) in [6.45, 7) is 24.5. The van der Waals surface area contributed by atoms with E-state index in [4.69, 9.17) is 0 Å². The van der Waals surface area contributed by atoms with E-state index in [0.29, 0.717) is 0 Å². The molecule has 0 bridgehead atoms. The van der Waals surface area contributed by atoms with Crippen LogP contribution in [0, 0.1) is 0 Å². The molecule has 0 aromatic carbocycles. The average Bonchev–Trinajstić information content (AvgIpc) is 2.27. The Kier molecular flexibility index (Phi) is 13.6. The molecule has 0 saturated carbocycles. The summed E-state index contributed by atoms with van der Waals surface area (Å²) < 4.78 is 0. The summed E-state index contributed by atoms with van der Waals surface area (Å²) in [7, 11) is 0. The molecule has 0 rings (SSSR count). The normalized spacial score (nSPS) is 14.2. The monoisotopic (exact) mass is 393 g/mol. The summed E-state index contributed by atoms with van der Waals surface area (Å²) in [6.07, 6.45) is 8.92. The van der Waals surface area contributed by atoms with E-state index >= 15 is 0 Å². The third-order valence-electron chi connectivity index (χ3n) is 1.82. The molecule has 0 unspecified atom stereocenters. The van der Waals surface area contributed by atoms with Crippen LogP contribution in [0.15, 0.2) is 20.0 Å². The maximum atomic E-state index is 4.23. The zero-order valence-electron chi connectivity index (χ0n) is 18.3. The molecule has 5 heteroatoms. The fraction of sp³-hybridized carbons (Fsp3) is 0.800. The average molecular weight is 393 g/mol. The van der Waals surface area contributed by atoms with Crippen molar-refractivity contribution < 1.29 is 16.8 Å². The fourth-order valence-electron chi connectivity index (χ4n) is 0.890. The number of hydrogen-bond acceptors (Lipinski definition) is 4. The molecule has 0 atom stereocenters. The van der Waals surface area contributed by atoms with Crippen molar-refractivity contribution in [3.8, 4) is 0 Å². The molecule has 0 aromatic heterocycles. The van der Waals surface area contributed by atoms with Crippen molar-refractivity contribution in [3.05, 3.63) is 0 Å². The first-order valence-electron chi connectivity index (χ1n) is 8.44. The van der Waals surface area contributed by atoms with E-state index in [1.807, 2.05) is 83.1 Å². The number of aliphatic imine (C=N–C) groups is 4. The number of hydrogen-bond donors (Lipinski definition) is 0. The van der Waals surface area contributed by atoms with Crippen molar-refractivity contribution in [2.75, 3.05) is 0 Å². The Bertz CT molecular complexity index is 360. The summed E-state index contributed by atoms with van der Waals surface area (Å²) in [4.78, 5) is 16.8. The van der Waals surface area contributed by atoms with Gasteiger partial charge in [0.05, 0.1) is 0 Å². The second kappa shape index (κ2) is 11.7. The van der Waals surface area contributed by atoms with Gasteiger partial charge >= 0.3 is 16.8 Å². The van der Waals surface area contributed by atoms with Crippen molar-refractivity contribution in [1.82, 2.24) is 0 Å². The summed E-state index contributed by atoms with van der Waals surface area (Å²) in [5.41, 5.74) is -0.158. The third-order valence-corrected chi connectivity index (χ3v) is 1.82. The first-order valence-corrected chi connectivity index (χ1v) is 8.44. The van der Waals surface area contributed by atoms with Crippen molar-refractivity contribution in [3.63, 3.8) is 0 Å². The number of nitrogens with zero attached hydrogens (tertiary/aromatic N) is 4. The van der Waals surface area contributed by atoms with Crippen LogP contribution in [0.25, 0.3) is 0 Å². The van der Waals surface area contributed by atoms with Crippen LogP contribution < -0.4 is 0 Å². The van der Waals surface area contributed by atoms with Gasteiger partial charge in [-0.05, 0) is 83.1 Å². The van der Waals surface area contributed by atoms with Gasteiger partial charge in [-0.1, -0.05) is 0 Å². The molecule has 25 heavy (non-hydrogen) atoms. The van der Waals surface area contributed by atoms with Crippen LogP contribution in [0.5, 0.6) is 0 Å². The Hall–Kier alpha value is -0.814. The Morgan fingerprint density at radius 2 is 0.720 bits per heavy atom. The molecule has 0 spiro atoms. The van der Waals surface area contributed by atoms with Crippen LogP contribution in [0.1, 0.15) is 83.1 Å². The Balaban J connectivity index is -0.000000372. The van der Waals surface area contributed by atoms with Crippen molar-refractivity contribution >= 4 is 24.9 Å². The Morgan fingerprint density at radius 1 is 0.480 bits per heavy atom. The van der Waals surface area contributed by atoms with Crippen molar-refractivity contribution in [2.45, 2.75) is 105 Å². The number of rotatable bonds is 2. The minimum Gasteiger partial charge on any atom is -0.493 e. The van der Waals surface area contributed by atoms with E-state index < -0.39 is 0 Å². The van der Waals surface area contributed by atoms with E-state index in [1.54, 1.807) is 12.4 Å². The van der Waals surface area contributed by atoms with Crippen LogP contribution in [0.4, 0.5) is 0 Å². The van der Waals surface area contributed by atoms with Crippen molar-refractivity contribution in [1.29, 1.82) is 0 Å². The minimum absolute atomic E-state index is 0. The quantitative estimate of drug-likeness (QED) is 0.457. The van der Waals surface area contributed by atoms with E-state index in [2.05, 4.69) is 32.4 Å².